The molecule has 2 N–H and O–H groups in total. The highest BCUT2D eigenvalue weighted by molar-refractivity contribution is 5.50. The molecular formula is C20H21F5N8O2. The number of hydrogen-bond acceptors (Lipinski definition) is 8. The lowest BCUT2D eigenvalue weighted by molar-refractivity contribution is -0.138. The fourth-order valence-electron chi connectivity index (χ4n) is 3.61. The average Bonchev–Trinajstić information content (AvgIpc) is 3.20. The topological polar surface area (TPSA) is 114 Å². The summed E-state index contributed by atoms with van der Waals surface area (Å²) in [7, 11) is 0. The van der Waals surface area contributed by atoms with Gasteiger partial charge in [0.1, 0.15) is 5.56 Å². The molecule has 0 saturated carbocycles. The van der Waals surface area contributed by atoms with E-state index in [1.54, 1.807) is 16.7 Å². The zero-order chi connectivity index (χ0) is 25.2. The number of fused-ring (bicyclic) bond motifs is 1. The minimum atomic E-state index is -4.83. The van der Waals surface area contributed by atoms with Gasteiger partial charge in [-0.25, -0.2) is 23.8 Å². The third-order valence-electron chi connectivity index (χ3n) is 5.20. The van der Waals surface area contributed by atoms with E-state index < -0.39 is 35.5 Å². The van der Waals surface area contributed by atoms with Crippen LogP contribution in [0.2, 0.25) is 0 Å². The highest BCUT2D eigenvalue weighted by Crippen LogP contribution is 2.31. The van der Waals surface area contributed by atoms with E-state index in [4.69, 9.17) is 4.74 Å². The second-order valence-corrected chi connectivity index (χ2v) is 7.93. The molecule has 0 amide bonds. The van der Waals surface area contributed by atoms with Gasteiger partial charge < -0.3 is 15.0 Å². The minimum Gasteiger partial charge on any atom is -0.378 e. The lowest BCUT2D eigenvalue weighted by Gasteiger charge is -2.27. The molecule has 0 spiro atoms. The first-order valence-corrected chi connectivity index (χ1v) is 10.5. The van der Waals surface area contributed by atoms with Crippen LogP contribution in [-0.2, 0) is 30.6 Å². The Kier molecular flexibility index (Phi) is 6.95. The summed E-state index contributed by atoms with van der Waals surface area (Å²) in [6.07, 6.45) is -4.36. The molecule has 0 aromatic carbocycles. The van der Waals surface area contributed by atoms with Gasteiger partial charge in [0.05, 0.1) is 55.1 Å². The Labute approximate surface area is 195 Å². The van der Waals surface area contributed by atoms with Crippen LogP contribution in [0.4, 0.5) is 33.6 Å². The molecule has 4 heterocycles. The molecule has 0 unspecified atom stereocenters. The summed E-state index contributed by atoms with van der Waals surface area (Å²) in [5.74, 6) is 0.340. The molecule has 4 rings (SSSR count). The SMILES string of the molecule is C[C@@H](COCc1cc2n(n1)CCN(c1ncc(C(F)F)cn1)C2)Nc1cn[nH]c(=O)c1C(F)(F)F. The van der Waals surface area contributed by atoms with E-state index in [-0.39, 0.29) is 18.8 Å². The van der Waals surface area contributed by atoms with Gasteiger partial charge in [0.2, 0.25) is 5.95 Å². The van der Waals surface area contributed by atoms with Gasteiger partial charge in [-0.05, 0) is 13.0 Å². The van der Waals surface area contributed by atoms with Crippen molar-refractivity contribution in [2.24, 2.45) is 0 Å². The number of anilines is 2. The lowest BCUT2D eigenvalue weighted by Crippen LogP contribution is -2.34. The second-order valence-electron chi connectivity index (χ2n) is 7.93. The number of nitrogens with zero attached hydrogens (tertiary/aromatic N) is 6. The molecule has 0 aliphatic carbocycles. The molecule has 0 fully saturated rings. The smallest absolute Gasteiger partial charge is 0.378 e. The summed E-state index contributed by atoms with van der Waals surface area (Å²) in [4.78, 5) is 21.4. The van der Waals surface area contributed by atoms with Crippen LogP contribution in [0, 0.1) is 0 Å². The number of aromatic amines is 1. The standard InChI is InChI=1S/C20H21F5N8O2/c1-11(29-15-7-28-30-18(34)16(15)20(23,24)25)9-35-10-13-4-14-8-32(2-3-33(14)31-13)19-26-5-12(6-27-19)17(21)22/h4-7,11,17H,2-3,8-10H2,1H3,(H2,29,30,34)/t11-/m0/s1. The minimum absolute atomic E-state index is 0.0444. The first kappa shape index (κ1) is 24.5. The van der Waals surface area contributed by atoms with E-state index in [0.29, 0.717) is 31.3 Å². The maximum absolute atomic E-state index is 13.2. The molecule has 3 aromatic rings. The number of H-pyrrole nitrogens is 1. The van der Waals surface area contributed by atoms with Crippen molar-refractivity contribution in [1.29, 1.82) is 0 Å². The third-order valence-corrected chi connectivity index (χ3v) is 5.20. The second kappa shape index (κ2) is 9.93. The quantitative estimate of drug-likeness (QED) is 0.454. The van der Waals surface area contributed by atoms with Crippen molar-refractivity contribution in [2.45, 2.75) is 45.3 Å². The van der Waals surface area contributed by atoms with Gasteiger partial charge in [0, 0.05) is 25.0 Å². The van der Waals surface area contributed by atoms with Crippen LogP contribution in [0.1, 0.15) is 35.9 Å². The average molecular weight is 500 g/mol. The Balaban J connectivity index is 1.32. The molecule has 0 radical (unpaired) electrons. The maximum Gasteiger partial charge on any atom is 0.423 e. The Morgan fingerprint density at radius 2 is 1.94 bits per heavy atom. The van der Waals surface area contributed by atoms with E-state index in [9.17, 15) is 26.7 Å². The molecule has 1 aliphatic heterocycles. The Morgan fingerprint density at radius 1 is 1.20 bits per heavy atom. The fourth-order valence-corrected chi connectivity index (χ4v) is 3.61. The maximum atomic E-state index is 13.2. The van der Waals surface area contributed by atoms with E-state index >= 15 is 0 Å². The van der Waals surface area contributed by atoms with Crippen LogP contribution in [0.25, 0.3) is 0 Å². The van der Waals surface area contributed by atoms with Gasteiger partial charge in [-0.15, -0.1) is 0 Å². The van der Waals surface area contributed by atoms with Crippen LogP contribution in [0.5, 0.6) is 0 Å². The van der Waals surface area contributed by atoms with Crippen molar-refractivity contribution in [2.75, 3.05) is 23.4 Å². The molecule has 35 heavy (non-hydrogen) atoms. The third kappa shape index (κ3) is 5.72. The molecule has 3 aromatic heterocycles. The molecule has 1 atom stereocenters. The number of hydrogen-bond donors (Lipinski definition) is 2. The number of rotatable bonds is 8. The predicted molar refractivity (Wildman–Crippen MR) is 113 cm³/mol. The normalized spacial score (nSPS) is 14.8. The van der Waals surface area contributed by atoms with E-state index in [1.807, 2.05) is 11.0 Å². The van der Waals surface area contributed by atoms with E-state index in [0.717, 1.165) is 24.3 Å². The highest BCUT2D eigenvalue weighted by Gasteiger charge is 2.37. The summed E-state index contributed by atoms with van der Waals surface area (Å²) in [5, 5.41) is 12.3. The number of aromatic nitrogens is 6. The van der Waals surface area contributed by atoms with Crippen molar-refractivity contribution >= 4 is 11.6 Å². The molecule has 0 bridgehead atoms. The largest absolute Gasteiger partial charge is 0.423 e. The number of ether oxygens (including phenoxy) is 1. The fraction of sp³-hybridized carbons (Fsp3) is 0.450. The summed E-state index contributed by atoms with van der Waals surface area (Å²) >= 11 is 0. The van der Waals surface area contributed by atoms with Crippen molar-refractivity contribution in [3.8, 4) is 0 Å². The van der Waals surface area contributed by atoms with Crippen molar-refractivity contribution in [3.05, 3.63) is 57.5 Å². The number of halogens is 5. The van der Waals surface area contributed by atoms with Gasteiger partial charge in [0.25, 0.3) is 12.0 Å². The Bertz CT molecular complexity index is 1210. The summed E-state index contributed by atoms with van der Waals surface area (Å²) < 4.78 is 72.3. The zero-order valence-corrected chi connectivity index (χ0v) is 18.4. The summed E-state index contributed by atoms with van der Waals surface area (Å²) in [6.45, 7) is 3.26. The number of nitrogens with one attached hydrogen (secondary N) is 2. The highest BCUT2D eigenvalue weighted by atomic mass is 19.4. The molecular weight excluding hydrogens is 479 g/mol. The van der Waals surface area contributed by atoms with Gasteiger partial charge >= 0.3 is 6.18 Å². The van der Waals surface area contributed by atoms with E-state index in [1.165, 1.54) is 0 Å². The molecule has 15 heteroatoms. The monoisotopic (exact) mass is 500 g/mol. The van der Waals surface area contributed by atoms with Gasteiger partial charge in [-0.2, -0.15) is 23.4 Å². The Morgan fingerprint density at radius 3 is 2.63 bits per heavy atom. The first-order valence-electron chi connectivity index (χ1n) is 10.5. The van der Waals surface area contributed by atoms with Crippen LogP contribution in [-0.4, -0.2) is 49.1 Å². The molecule has 0 saturated heterocycles. The summed E-state index contributed by atoms with van der Waals surface area (Å²) in [5.41, 5.74) is -1.88. The summed E-state index contributed by atoms with van der Waals surface area (Å²) in [6, 6.07) is 1.26. The van der Waals surface area contributed by atoms with Crippen LogP contribution >= 0.6 is 0 Å². The van der Waals surface area contributed by atoms with Crippen LogP contribution in [0.15, 0.2) is 29.5 Å². The van der Waals surface area contributed by atoms with Crippen LogP contribution < -0.4 is 15.8 Å². The Hall–Kier alpha value is -3.62. The molecule has 1 aliphatic rings. The zero-order valence-electron chi connectivity index (χ0n) is 18.4. The van der Waals surface area contributed by atoms with Crippen LogP contribution in [0.3, 0.4) is 0 Å². The van der Waals surface area contributed by atoms with Gasteiger partial charge in [-0.3, -0.25) is 9.48 Å². The predicted octanol–water partition coefficient (Wildman–Crippen LogP) is 2.75. The van der Waals surface area contributed by atoms with Crippen molar-refractivity contribution < 1.29 is 26.7 Å². The van der Waals surface area contributed by atoms with E-state index in [2.05, 4.69) is 25.5 Å². The first-order chi connectivity index (χ1) is 16.6. The van der Waals surface area contributed by atoms with Gasteiger partial charge in [0.15, 0.2) is 0 Å². The lowest BCUT2D eigenvalue weighted by atomic mass is 10.2. The van der Waals surface area contributed by atoms with Gasteiger partial charge in [-0.1, -0.05) is 0 Å². The molecule has 10 nitrogen and oxygen atoms in total. The van der Waals surface area contributed by atoms with Crippen molar-refractivity contribution in [3.63, 3.8) is 0 Å². The van der Waals surface area contributed by atoms with Crippen molar-refractivity contribution in [1.82, 2.24) is 29.9 Å². The number of alkyl halides is 5. The molecule has 188 valence electrons.